The molecule has 4 N–H and O–H groups in total. The summed E-state index contributed by atoms with van der Waals surface area (Å²) in [6.45, 7) is -0.624. The van der Waals surface area contributed by atoms with Gasteiger partial charge in [0.1, 0.15) is 15.5 Å². The van der Waals surface area contributed by atoms with Gasteiger partial charge >= 0.3 is 5.97 Å². The molecule has 2 heterocycles. The molecular weight excluding hydrogens is 893 g/mol. The highest BCUT2D eigenvalue weighted by atomic mass is 35.5. The standard InChI is InChI=1S/C27H28Cl3N9O13S4/c28-7-11-53(43,44)13-9-38(10-14-54(45,46)12-8-29)27-33-25(30)32-26(34-27)31-16-5-6-18(20(15-16)56(50,51)52)39-23(40)21(22(37-39)24(41)42)36-35-17-3-1-2-4-19(17)55(47,48)49/h1-6,15,21H,7-14H2,(H,41,42)(H,47,48,49)(H,50,51,52)(H,31,32,33,34). The zero-order chi connectivity index (χ0) is 41.6. The largest absolute Gasteiger partial charge is 0.477 e. The Morgan fingerprint density at radius 3 is 1.98 bits per heavy atom. The van der Waals surface area contributed by atoms with Crippen molar-refractivity contribution in [2.24, 2.45) is 15.3 Å². The topological polar surface area (TPSA) is 326 Å². The van der Waals surface area contributed by atoms with Crippen LogP contribution in [0.1, 0.15) is 0 Å². The van der Waals surface area contributed by atoms with Crippen LogP contribution in [0.2, 0.25) is 5.28 Å². The number of amides is 1. The second-order valence-corrected chi connectivity index (χ2v) is 19.7. The molecule has 29 heteroatoms. The highest BCUT2D eigenvalue weighted by Gasteiger charge is 2.42. The number of carboxylic acid groups (broad SMARTS) is 1. The minimum Gasteiger partial charge on any atom is -0.477 e. The number of carbonyl (C=O) groups is 2. The van der Waals surface area contributed by atoms with E-state index in [0.717, 1.165) is 30.3 Å². The first kappa shape index (κ1) is 44.6. The van der Waals surface area contributed by atoms with E-state index in [1.807, 2.05) is 0 Å². The summed E-state index contributed by atoms with van der Waals surface area (Å²) in [6.07, 6.45) is 0. The lowest BCUT2D eigenvalue weighted by atomic mass is 10.2. The van der Waals surface area contributed by atoms with Gasteiger partial charge in [-0.15, -0.1) is 23.2 Å². The van der Waals surface area contributed by atoms with Crippen LogP contribution in [0.15, 0.2) is 67.6 Å². The van der Waals surface area contributed by atoms with Crippen LogP contribution in [0.4, 0.5) is 29.0 Å². The van der Waals surface area contributed by atoms with Crippen molar-refractivity contribution in [2.75, 3.05) is 63.1 Å². The summed E-state index contributed by atoms with van der Waals surface area (Å²) < 4.78 is 118. The number of hydrogen-bond donors (Lipinski definition) is 4. The van der Waals surface area contributed by atoms with Crippen molar-refractivity contribution in [3.8, 4) is 0 Å². The quantitative estimate of drug-likeness (QED) is 0.0757. The molecule has 0 bridgehead atoms. The molecule has 1 aliphatic heterocycles. The predicted octanol–water partition coefficient (Wildman–Crippen LogP) is 1.82. The molecule has 0 fully saturated rings. The van der Waals surface area contributed by atoms with Gasteiger partial charge in [0, 0.05) is 30.5 Å². The molecule has 0 radical (unpaired) electrons. The summed E-state index contributed by atoms with van der Waals surface area (Å²) in [5.41, 5.74) is -2.32. The summed E-state index contributed by atoms with van der Waals surface area (Å²) in [4.78, 5) is 36.9. The number of alkyl halides is 2. The molecule has 1 atom stereocenters. The molecule has 0 spiro atoms. The molecule has 4 rings (SSSR count). The number of carbonyl (C=O) groups excluding carboxylic acids is 1. The van der Waals surface area contributed by atoms with Crippen LogP contribution in [-0.4, -0.2) is 134 Å². The second-order valence-electron chi connectivity index (χ2n) is 11.2. The van der Waals surface area contributed by atoms with Gasteiger partial charge in [0.25, 0.3) is 26.1 Å². The van der Waals surface area contributed by atoms with E-state index in [2.05, 4.69) is 35.6 Å². The Morgan fingerprint density at radius 1 is 0.839 bits per heavy atom. The van der Waals surface area contributed by atoms with Crippen LogP contribution in [0.5, 0.6) is 0 Å². The van der Waals surface area contributed by atoms with Crippen LogP contribution in [0.3, 0.4) is 0 Å². The van der Waals surface area contributed by atoms with E-state index in [9.17, 15) is 57.5 Å². The fraction of sp³-hybridized carbons (Fsp3) is 0.333. The summed E-state index contributed by atoms with van der Waals surface area (Å²) in [7, 11) is -17.5. The van der Waals surface area contributed by atoms with Crippen LogP contribution < -0.4 is 15.2 Å². The number of nitrogens with zero attached hydrogens (tertiary/aromatic N) is 8. The van der Waals surface area contributed by atoms with Crippen molar-refractivity contribution in [1.29, 1.82) is 0 Å². The predicted molar refractivity (Wildman–Crippen MR) is 202 cm³/mol. The Morgan fingerprint density at radius 2 is 1.43 bits per heavy atom. The highest BCUT2D eigenvalue weighted by Crippen LogP contribution is 2.33. The molecule has 1 amide bonds. The van der Waals surface area contributed by atoms with E-state index in [1.165, 1.54) is 17.0 Å². The first-order valence-electron chi connectivity index (χ1n) is 15.3. The maximum atomic E-state index is 13.4. The highest BCUT2D eigenvalue weighted by molar-refractivity contribution is 7.91. The SMILES string of the molecule is O=C(O)C1=NN(c2ccc(Nc3nc(Cl)nc(N(CCS(=O)(=O)CCCl)CCS(=O)(=O)CCCl)n3)cc2S(=O)(=O)O)C(=O)C1N=Nc1ccccc1S(=O)(=O)O. The maximum absolute atomic E-state index is 13.4. The molecule has 0 aliphatic carbocycles. The molecule has 1 unspecified atom stereocenters. The monoisotopic (exact) mass is 919 g/mol. The van der Waals surface area contributed by atoms with E-state index < -0.39 is 101 Å². The van der Waals surface area contributed by atoms with Crippen molar-refractivity contribution in [2.45, 2.75) is 15.8 Å². The minimum atomic E-state index is -5.24. The van der Waals surface area contributed by atoms with Crippen molar-refractivity contribution in [1.82, 2.24) is 15.0 Å². The Kier molecular flexibility index (Phi) is 14.3. The molecule has 1 aromatic heterocycles. The number of sulfone groups is 2. The average molecular weight is 921 g/mol. The molecule has 0 saturated heterocycles. The van der Waals surface area contributed by atoms with Gasteiger partial charge in [0.15, 0.2) is 25.4 Å². The first-order valence-corrected chi connectivity index (χ1v) is 23.2. The molecule has 0 saturated carbocycles. The van der Waals surface area contributed by atoms with Crippen LogP contribution in [0, 0.1) is 0 Å². The number of halogens is 3. The summed E-state index contributed by atoms with van der Waals surface area (Å²) >= 11 is 17.3. The number of rotatable bonds is 19. The van der Waals surface area contributed by atoms with Crippen molar-refractivity contribution >= 4 is 121 Å². The lowest BCUT2D eigenvalue weighted by Crippen LogP contribution is -2.36. The van der Waals surface area contributed by atoms with Gasteiger partial charge in [-0.2, -0.15) is 52.1 Å². The number of hydrazone groups is 1. The van der Waals surface area contributed by atoms with Gasteiger partial charge in [0.2, 0.25) is 23.2 Å². The number of nitrogens with one attached hydrogen (secondary N) is 1. The van der Waals surface area contributed by atoms with Gasteiger partial charge in [-0.3, -0.25) is 13.9 Å². The fourth-order valence-corrected chi connectivity index (χ4v) is 9.41. The summed E-state index contributed by atoms with van der Waals surface area (Å²) in [6, 6.07) is 5.37. The lowest BCUT2D eigenvalue weighted by Gasteiger charge is -2.23. The normalized spacial score (nSPS) is 15.3. The maximum Gasteiger partial charge on any atom is 0.355 e. The number of anilines is 4. The Bertz CT molecular complexity index is 2490. The summed E-state index contributed by atoms with van der Waals surface area (Å²) in [5.74, 6) is -5.87. The Labute approximate surface area is 333 Å². The second kappa shape index (κ2) is 18.0. The number of hydrogen-bond acceptors (Lipinski definition) is 18. The first-order chi connectivity index (χ1) is 26.0. The van der Waals surface area contributed by atoms with Crippen LogP contribution in [0.25, 0.3) is 0 Å². The van der Waals surface area contributed by atoms with Crippen molar-refractivity contribution in [3.05, 3.63) is 47.7 Å². The Hall–Kier alpha value is -4.15. The molecule has 56 heavy (non-hydrogen) atoms. The average Bonchev–Trinajstić information content (AvgIpc) is 3.42. The third-order valence-electron chi connectivity index (χ3n) is 7.27. The van der Waals surface area contributed by atoms with Crippen LogP contribution in [-0.2, 0) is 49.5 Å². The number of aromatic nitrogens is 3. The van der Waals surface area contributed by atoms with E-state index in [1.54, 1.807) is 0 Å². The zero-order valence-corrected chi connectivity index (χ0v) is 33.6. The number of carboxylic acids is 1. The molecular formula is C27H28Cl3N9O13S4. The van der Waals surface area contributed by atoms with Gasteiger partial charge in [-0.1, -0.05) is 12.1 Å². The Balaban J connectivity index is 1.69. The van der Waals surface area contributed by atoms with Crippen LogP contribution >= 0.6 is 34.8 Å². The van der Waals surface area contributed by atoms with E-state index in [4.69, 9.17) is 34.8 Å². The minimum absolute atomic E-state index is 0.192. The van der Waals surface area contributed by atoms with Gasteiger partial charge in [-0.25, -0.2) is 21.6 Å². The third kappa shape index (κ3) is 11.7. The number of azo groups is 1. The molecule has 304 valence electrons. The molecule has 3 aromatic rings. The van der Waals surface area contributed by atoms with Crippen molar-refractivity contribution in [3.63, 3.8) is 0 Å². The lowest BCUT2D eigenvalue weighted by molar-refractivity contribution is -0.130. The number of aliphatic carboxylic acids is 1. The van der Waals surface area contributed by atoms with E-state index in [0.29, 0.717) is 5.01 Å². The van der Waals surface area contributed by atoms with E-state index >= 15 is 0 Å². The molecule has 2 aromatic carbocycles. The smallest absolute Gasteiger partial charge is 0.355 e. The van der Waals surface area contributed by atoms with Crippen molar-refractivity contribution < 1.29 is 57.5 Å². The third-order valence-corrected chi connectivity index (χ3v) is 13.3. The van der Waals surface area contributed by atoms with E-state index in [-0.39, 0.29) is 53.9 Å². The summed E-state index contributed by atoms with van der Waals surface area (Å²) in [5, 5.41) is 23.0. The molecule has 1 aliphatic rings. The van der Waals surface area contributed by atoms with Gasteiger partial charge < -0.3 is 15.3 Å². The number of benzene rings is 2. The van der Waals surface area contributed by atoms with Gasteiger partial charge in [0.05, 0.1) is 28.7 Å². The fourth-order valence-electron chi connectivity index (χ4n) is 4.65. The van der Waals surface area contributed by atoms with Gasteiger partial charge in [-0.05, 0) is 41.9 Å². The zero-order valence-electron chi connectivity index (χ0n) is 28.0. The molecule has 22 nitrogen and oxygen atoms in total.